The molecule has 1 amide bonds. The number of aromatic nitrogens is 5. The lowest BCUT2D eigenvalue weighted by atomic mass is 10.1. The number of aliphatic hydroxyl groups is 1. The van der Waals surface area contributed by atoms with Gasteiger partial charge >= 0.3 is 0 Å². The highest BCUT2D eigenvalue weighted by atomic mass is 16.3. The fraction of sp³-hybridized carbons (Fsp3) is 0.294. The van der Waals surface area contributed by atoms with Crippen LogP contribution >= 0.6 is 0 Å². The Morgan fingerprint density at radius 3 is 2.68 bits per heavy atom. The lowest BCUT2D eigenvalue weighted by Crippen LogP contribution is -2.35. The highest BCUT2D eigenvalue weighted by molar-refractivity contribution is 5.94. The second-order valence-corrected chi connectivity index (χ2v) is 5.79. The molecule has 2 N–H and O–H groups in total. The van der Waals surface area contributed by atoms with Gasteiger partial charge in [-0.2, -0.15) is 10.2 Å². The van der Waals surface area contributed by atoms with E-state index in [1.807, 2.05) is 25.3 Å². The summed E-state index contributed by atoms with van der Waals surface area (Å²) in [4.78, 5) is 16.2. The molecule has 3 aromatic rings. The Labute approximate surface area is 145 Å². The Bertz CT molecular complexity index is 810. The summed E-state index contributed by atoms with van der Waals surface area (Å²) in [5.74, 6) is -0.129. The highest BCUT2D eigenvalue weighted by Gasteiger charge is 2.11. The van der Waals surface area contributed by atoms with Crippen molar-refractivity contribution in [3.05, 3.63) is 54.9 Å². The van der Waals surface area contributed by atoms with E-state index in [4.69, 9.17) is 5.11 Å². The summed E-state index contributed by atoms with van der Waals surface area (Å²) >= 11 is 0. The van der Waals surface area contributed by atoms with E-state index < -0.39 is 0 Å². The summed E-state index contributed by atoms with van der Waals surface area (Å²) in [6, 6.07) is 7.28. The zero-order valence-corrected chi connectivity index (χ0v) is 13.9. The molecule has 3 rings (SSSR count). The minimum atomic E-state index is -0.129. The zero-order valence-electron chi connectivity index (χ0n) is 13.9. The molecule has 0 radical (unpaired) electrons. The Hall–Kier alpha value is -3.00. The van der Waals surface area contributed by atoms with Crippen LogP contribution in [0.5, 0.6) is 0 Å². The molecule has 2 heterocycles. The first-order chi connectivity index (χ1) is 12.2. The first kappa shape index (κ1) is 16.8. The molecule has 1 unspecified atom stereocenters. The van der Waals surface area contributed by atoms with Gasteiger partial charge in [0.25, 0.3) is 5.91 Å². The predicted octanol–water partition coefficient (Wildman–Crippen LogP) is 0.952. The molecule has 2 aromatic heterocycles. The van der Waals surface area contributed by atoms with Crippen LogP contribution in [0.4, 0.5) is 0 Å². The molecule has 1 aromatic carbocycles. The van der Waals surface area contributed by atoms with Crippen molar-refractivity contribution in [1.29, 1.82) is 0 Å². The van der Waals surface area contributed by atoms with Crippen molar-refractivity contribution in [3.8, 4) is 11.1 Å². The number of benzene rings is 1. The van der Waals surface area contributed by atoms with Gasteiger partial charge in [-0.25, -0.2) is 4.98 Å². The summed E-state index contributed by atoms with van der Waals surface area (Å²) < 4.78 is 3.36. The molecule has 8 heteroatoms. The quantitative estimate of drug-likeness (QED) is 0.667. The lowest BCUT2D eigenvalue weighted by molar-refractivity contribution is 0.0936. The van der Waals surface area contributed by atoms with E-state index in [9.17, 15) is 4.79 Å². The molecule has 0 aliphatic heterocycles. The Balaban J connectivity index is 1.61. The van der Waals surface area contributed by atoms with E-state index in [1.165, 1.54) is 6.33 Å². The molecule has 0 fully saturated rings. The van der Waals surface area contributed by atoms with Crippen LogP contribution in [0.2, 0.25) is 0 Å². The second kappa shape index (κ2) is 7.71. The molecule has 130 valence electrons. The predicted molar refractivity (Wildman–Crippen MR) is 91.7 cm³/mol. The van der Waals surface area contributed by atoms with Crippen molar-refractivity contribution in [1.82, 2.24) is 29.9 Å². The van der Waals surface area contributed by atoms with E-state index in [0.717, 1.165) is 11.1 Å². The summed E-state index contributed by atoms with van der Waals surface area (Å²) in [5.41, 5.74) is 2.51. The third-order valence-corrected chi connectivity index (χ3v) is 3.75. The van der Waals surface area contributed by atoms with E-state index in [1.54, 1.807) is 34.0 Å². The van der Waals surface area contributed by atoms with Gasteiger partial charge in [0.2, 0.25) is 0 Å². The standard InChI is InChI=1S/C17H20N6O2/c1-13(9-23-12-18-11-20-23)21-17(25)15-4-2-14(3-5-15)16-8-19-22(10-16)6-7-24/h2-5,8,10-13,24H,6-7,9H2,1H3,(H,21,25). The molecule has 0 aliphatic carbocycles. The van der Waals surface area contributed by atoms with Gasteiger partial charge in [-0.05, 0) is 24.6 Å². The largest absolute Gasteiger partial charge is 0.394 e. The second-order valence-electron chi connectivity index (χ2n) is 5.79. The number of carbonyl (C=O) groups is 1. The van der Waals surface area contributed by atoms with Crippen LogP contribution in [0.25, 0.3) is 11.1 Å². The number of nitrogens with one attached hydrogen (secondary N) is 1. The maximum absolute atomic E-state index is 12.3. The Morgan fingerprint density at radius 2 is 2.00 bits per heavy atom. The molecule has 0 saturated heterocycles. The van der Waals surface area contributed by atoms with Crippen molar-refractivity contribution in [2.24, 2.45) is 0 Å². The number of nitrogens with zero attached hydrogens (tertiary/aromatic N) is 5. The van der Waals surface area contributed by atoms with Crippen molar-refractivity contribution in [2.75, 3.05) is 6.61 Å². The fourth-order valence-corrected chi connectivity index (χ4v) is 2.51. The van der Waals surface area contributed by atoms with Gasteiger partial charge in [0.05, 0.1) is 25.9 Å². The summed E-state index contributed by atoms with van der Waals surface area (Å²) in [5, 5.41) is 20.1. The molecule has 8 nitrogen and oxygen atoms in total. The smallest absolute Gasteiger partial charge is 0.251 e. The normalized spacial score (nSPS) is 12.1. The molecule has 0 spiro atoms. The van der Waals surface area contributed by atoms with Crippen molar-refractivity contribution in [2.45, 2.75) is 26.1 Å². The number of rotatable bonds is 7. The average Bonchev–Trinajstić information content (AvgIpc) is 3.27. The monoisotopic (exact) mass is 340 g/mol. The highest BCUT2D eigenvalue weighted by Crippen LogP contribution is 2.19. The Kier molecular flexibility index (Phi) is 5.20. The third kappa shape index (κ3) is 4.30. The van der Waals surface area contributed by atoms with Crippen molar-refractivity contribution < 1.29 is 9.90 Å². The van der Waals surface area contributed by atoms with Gasteiger partial charge in [-0.3, -0.25) is 14.2 Å². The van der Waals surface area contributed by atoms with Crippen LogP contribution in [-0.4, -0.2) is 48.2 Å². The minimum absolute atomic E-state index is 0.0486. The molecule has 0 saturated carbocycles. The maximum Gasteiger partial charge on any atom is 0.251 e. The number of carbonyl (C=O) groups excluding carboxylic acids is 1. The van der Waals surface area contributed by atoms with Crippen molar-refractivity contribution in [3.63, 3.8) is 0 Å². The van der Waals surface area contributed by atoms with Gasteiger partial charge in [-0.1, -0.05) is 12.1 Å². The van der Waals surface area contributed by atoms with Gasteiger partial charge < -0.3 is 10.4 Å². The van der Waals surface area contributed by atoms with Crippen LogP contribution in [0.1, 0.15) is 17.3 Å². The number of amides is 1. The lowest BCUT2D eigenvalue weighted by Gasteiger charge is -2.13. The first-order valence-corrected chi connectivity index (χ1v) is 8.02. The molecular formula is C17H20N6O2. The van der Waals surface area contributed by atoms with E-state index in [-0.39, 0.29) is 18.6 Å². The third-order valence-electron chi connectivity index (χ3n) is 3.75. The summed E-state index contributed by atoms with van der Waals surface area (Å²) in [7, 11) is 0. The van der Waals surface area contributed by atoms with Crippen LogP contribution in [-0.2, 0) is 13.1 Å². The van der Waals surface area contributed by atoms with Crippen LogP contribution in [0, 0.1) is 0 Å². The van der Waals surface area contributed by atoms with Gasteiger partial charge in [0.1, 0.15) is 12.7 Å². The van der Waals surface area contributed by atoms with Gasteiger partial charge in [-0.15, -0.1) is 0 Å². The van der Waals surface area contributed by atoms with Gasteiger partial charge in [0.15, 0.2) is 0 Å². The summed E-state index contributed by atoms with van der Waals surface area (Å²) in [6.45, 7) is 2.99. The molecular weight excluding hydrogens is 320 g/mol. The average molecular weight is 340 g/mol. The molecule has 25 heavy (non-hydrogen) atoms. The number of hydrogen-bond acceptors (Lipinski definition) is 5. The molecule has 0 aliphatic rings. The van der Waals surface area contributed by atoms with Crippen LogP contribution < -0.4 is 5.32 Å². The fourth-order valence-electron chi connectivity index (χ4n) is 2.51. The first-order valence-electron chi connectivity index (χ1n) is 8.02. The maximum atomic E-state index is 12.3. The molecule has 0 bridgehead atoms. The minimum Gasteiger partial charge on any atom is -0.394 e. The van der Waals surface area contributed by atoms with E-state index in [0.29, 0.717) is 18.7 Å². The van der Waals surface area contributed by atoms with Gasteiger partial charge in [0, 0.05) is 23.4 Å². The topological polar surface area (TPSA) is 97.9 Å². The molecule has 1 atom stereocenters. The van der Waals surface area contributed by atoms with Crippen molar-refractivity contribution >= 4 is 5.91 Å². The van der Waals surface area contributed by atoms with Crippen LogP contribution in [0.3, 0.4) is 0 Å². The van der Waals surface area contributed by atoms with Crippen LogP contribution in [0.15, 0.2) is 49.3 Å². The number of hydrogen-bond donors (Lipinski definition) is 2. The SMILES string of the molecule is CC(Cn1cncn1)NC(=O)c1ccc(-c2cnn(CCO)c2)cc1. The summed E-state index contributed by atoms with van der Waals surface area (Å²) in [6.07, 6.45) is 6.70. The van der Waals surface area contributed by atoms with E-state index >= 15 is 0 Å². The van der Waals surface area contributed by atoms with E-state index in [2.05, 4.69) is 20.5 Å². The number of aliphatic hydroxyl groups excluding tert-OH is 1. The zero-order chi connectivity index (χ0) is 17.6. The Morgan fingerprint density at radius 1 is 1.20 bits per heavy atom.